The maximum atomic E-state index is 13.4. The van der Waals surface area contributed by atoms with Gasteiger partial charge in [-0.25, -0.2) is 4.39 Å². The predicted molar refractivity (Wildman–Crippen MR) is 121 cm³/mol. The number of ketones is 1. The lowest BCUT2D eigenvalue weighted by Crippen LogP contribution is -2.25. The Bertz CT molecular complexity index is 1250. The molecular formula is C26H23FN2O2. The molecular weight excluding hydrogens is 391 g/mol. The average Bonchev–Trinajstić information content (AvgIpc) is 3.18. The van der Waals surface area contributed by atoms with Gasteiger partial charge in [-0.3, -0.25) is 9.59 Å². The molecule has 5 heteroatoms. The highest BCUT2D eigenvalue weighted by Crippen LogP contribution is 2.29. The Kier molecular flexibility index (Phi) is 5.67. The molecule has 1 amide bonds. The number of para-hydroxylation sites is 1. The molecule has 1 N–H and O–H groups in total. The lowest BCUT2D eigenvalue weighted by Gasteiger charge is -2.14. The molecule has 0 aliphatic rings. The highest BCUT2D eigenvalue weighted by molar-refractivity contribution is 6.47. The van der Waals surface area contributed by atoms with Crippen LogP contribution < -0.4 is 5.32 Å². The molecule has 0 saturated heterocycles. The zero-order valence-corrected chi connectivity index (χ0v) is 17.5. The summed E-state index contributed by atoms with van der Waals surface area (Å²) in [6.45, 7) is 4.03. The summed E-state index contributed by atoms with van der Waals surface area (Å²) in [5.74, 6) is -1.69. The number of pyridine rings is 1. The van der Waals surface area contributed by atoms with E-state index >= 15 is 0 Å². The van der Waals surface area contributed by atoms with Crippen molar-refractivity contribution in [2.75, 3.05) is 5.32 Å². The molecule has 0 spiro atoms. The Balaban J connectivity index is 1.78. The summed E-state index contributed by atoms with van der Waals surface area (Å²) in [5.41, 5.74) is 4.97. The minimum Gasteiger partial charge on any atom is -0.319 e. The molecule has 0 atom stereocenters. The molecule has 31 heavy (non-hydrogen) atoms. The molecule has 2 heterocycles. The largest absolute Gasteiger partial charge is 0.319 e. The van der Waals surface area contributed by atoms with Crippen molar-refractivity contribution in [1.29, 1.82) is 0 Å². The Morgan fingerprint density at radius 1 is 0.903 bits per heavy atom. The van der Waals surface area contributed by atoms with Gasteiger partial charge in [0.05, 0.1) is 0 Å². The summed E-state index contributed by atoms with van der Waals surface area (Å²) in [6.07, 6.45) is 3.24. The van der Waals surface area contributed by atoms with Crippen LogP contribution in [0.3, 0.4) is 0 Å². The molecule has 0 bridgehead atoms. The number of carbonyl (C=O) groups excluding carboxylic acids is 2. The molecule has 4 nitrogen and oxygen atoms in total. The number of aromatic nitrogens is 1. The molecule has 0 saturated carbocycles. The van der Waals surface area contributed by atoms with Gasteiger partial charge in [0.1, 0.15) is 11.5 Å². The van der Waals surface area contributed by atoms with Crippen LogP contribution in [-0.4, -0.2) is 16.1 Å². The second-order valence-corrected chi connectivity index (χ2v) is 7.35. The highest BCUT2D eigenvalue weighted by atomic mass is 19.1. The van der Waals surface area contributed by atoms with E-state index < -0.39 is 11.7 Å². The molecule has 4 rings (SSSR count). The van der Waals surface area contributed by atoms with E-state index in [1.165, 1.54) is 12.1 Å². The van der Waals surface area contributed by atoms with E-state index in [0.717, 1.165) is 29.5 Å². The van der Waals surface area contributed by atoms with E-state index in [1.54, 1.807) is 28.8 Å². The first-order chi connectivity index (χ1) is 15.0. The third-order valence-electron chi connectivity index (χ3n) is 5.49. The molecule has 0 aliphatic heterocycles. The van der Waals surface area contributed by atoms with Gasteiger partial charge >= 0.3 is 0 Å². The molecule has 0 radical (unpaired) electrons. The highest BCUT2D eigenvalue weighted by Gasteiger charge is 2.25. The molecule has 2 aromatic heterocycles. The first-order valence-corrected chi connectivity index (χ1v) is 10.4. The van der Waals surface area contributed by atoms with Crippen molar-refractivity contribution in [1.82, 2.24) is 4.40 Å². The summed E-state index contributed by atoms with van der Waals surface area (Å²) in [5, 5.41) is 2.86. The first-order valence-electron chi connectivity index (χ1n) is 10.4. The third-order valence-corrected chi connectivity index (χ3v) is 5.49. The van der Waals surface area contributed by atoms with Crippen LogP contribution >= 0.6 is 0 Å². The lowest BCUT2D eigenvalue weighted by molar-refractivity contribution is -0.112. The number of anilines is 1. The number of carbonyl (C=O) groups is 2. The number of rotatable bonds is 6. The van der Waals surface area contributed by atoms with Gasteiger partial charge in [0.15, 0.2) is 0 Å². The topological polar surface area (TPSA) is 50.6 Å². The number of nitrogens with one attached hydrogen (secondary N) is 1. The normalized spacial score (nSPS) is 10.9. The Morgan fingerprint density at radius 3 is 2.23 bits per heavy atom. The van der Waals surface area contributed by atoms with Gasteiger partial charge in [0.2, 0.25) is 0 Å². The molecule has 4 aromatic rings. The van der Waals surface area contributed by atoms with Crippen molar-refractivity contribution < 1.29 is 14.0 Å². The Morgan fingerprint density at radius 2 is 1.58 bits per heavy atom. The summed E-state index contributed by atoms with van der Waals surface area (Å²) in [4.78, 5) is 26.5. The monoisotopic (exact) mass is 414 g/mol. The van der Waals surface area contributed by atoms with Crippen molar-refractivity contribution in [3.8, 4) is 11.1 Å². The van der Waals surface area contributed by atoms with Gasteiger partial charge in [-0.15, -0.1) is 0 Å². The van der Waals surface area contributed by atoms with E-state index in [9.17, 15) is 14.0 Å². The minimum absolute atomic E-state index is 0.256. The smallest absolute Gasteiger partial charge is 0.298 e. The van der Waals surface area contributed by atoms with Gasteiger partial charge in [-0.1, -0.05) is 50.2 Å². The molecule has 156 valence electrons. The lowest BCUT2D eigenvalue weighted by atomic mass is 10.0. The van der Waals surface area contributed by atoms with Crippen LogP contribution in [0, 0.1) is 5.82 Å². The third kappa shape index (κ3) is 3.87. The minimum atomic E-state index is -0.692. The van der Waals surface area contributed by atoms with Crippen LogP contribution in [0.15, 0.2) is 72.9 Å². The number of benzene rings is 2. The van der Waals surface area contributed by atoms with Crippen LogP contribution in [0.4, 0.5) is 10.1 Å². The molecule has 0 fully saturated rings. The van der Waals surface area contributed by atoms with Crippen LogP contribution in [0.25, 0.3) is 16.6 Å². The number of Topliss-reactive ketones (excluding diaryl/α,β-unsaturated/α-hetero) is 1. The van der Waals surface area contributed by atoms with Crippen LogP contribution in [0.2, 0.25) is 0 Å². The van der Waals surface area contributed by atoms with E-state index in [4.69, 9.17) is 0 Å². The van der Waals surface area contributed by atoms with Crippen LogP contribution in [0.1, 0.15) is 35.5 Å². The summed E-state index contributed by atoms with van der Waals surface area (Å²) < 4.78 is 15.1. The van der Waals surface area contributed by atoms with E-state index in [0.29, 0.717) is 16.8 Å². The zero-order valence-electron chi connectivity index (χ0n) is 17.5. The number of aryl methyl sites for hydroxylation is 2. The predicted octanol–water partition coefficient (Wildman–Crippen LogP) is 5.69. The van der Waals surface area contributed by atoms with E-state index in [1.807, 2.05) is 50.2 Å². The number of fused-ring (bicyclic) bond motifs is 1. The van der Waals surface area contributed by atoms with Crippen molar-refractivity contribution >= 4 is 22.9 Å². The van der Waals surface area contributed by atoms with Crippen molar-refractivity contribution in [2.45, 2.75) is 26.7 Å². The van der Waals surface area contributed by atoms with Crippen molar-refractivity contribution in [2.24, 2.45) is 0 Å². The molecule has 0 unspecified atom stereocenters. The second kappa shape index (κ2) is 8.56. The van der Waals surface area contributed by atoms with Crippen molar-refractivity contribution in [3.05, 3.63) is 95.6 Å². The second-order valence-electron chi connectivity index (χ2n) is 7.35. The fraction of sp³-hybridized carbons (Fsp3) is 0.154. The molecule has 2 aromatic carbocycles. The quantitative estimate of drug-likeness (QED) is 0.325. The van der Waals surface area contributed by atoms with Gasteiger partial charge < -0.3 is 9.72 Å². The van der Waals surface area contributed by atoms with Crippen LogP contribution in [-0.2, 0) is 17.6 Å². The standard InChI is InChI=1S/C26H23FN2O2/c1-3-17-8-7-9-18(4-2)23(17)28-26(31)25(30)24-22(19-11-13-20(27)14-12-19)16-21-10-5-6-15-29(21)24/h5-16H,3-4H2,1-2H3,(H,28,31). The SMILES string of the molecule is CCc1cccc(CC)c1NC(=O)C(=O)c1c(-c2ccc(F)cc2)cc2ccccn12. The number of hydrogen-bond donors (Lipinski definition) is 1. The maximum Gasteiger partial charge on any atom is 0.298 e. The average molecular weight is 414 g/mol. The van der Waals surface area contributed by atoms with Gasteiger partial charge in [-0.05, 0) is 59.9 Å². The number of halogens is 1. The van der Waals surface area contributed by atoms with Crippen molar-refractivity contribution in [3.63, 3.8) is 0 Å². The van der Waals surface area contributed by atoms with Gasteiger partial charge in [0, 0.05) is 23.0 Å². The summed E-state index contributed by atoms with van der Waals surface area (Å²) in [6, 6.07) is 19.2. The fourth-order valence-corrected chi connectivity index (χ4v) is 3.89. The van der Waals surface area contributed by atoms with E-state index in [-0.39, 0.29) is 11.5 Å². The zero-order chi connectivity index (χ0) is 22.0. The Hall–Kier alpha value is -3.73. The summed E-state index contributed by atoms with van der Waals surface area (Å²) in [7, 11) is 0. The van der Waals surface area contributed by atoms with Gasteiger partial charge in [-0.2, -0.15) is 0 Å². The number of hydrogen-bond acceptors (Lipinski definition) is 2. The Labute approximate surface area is 180 Å². The maximum absolute atomic E-state index is 13.4. The molecule has 0 aliphatic carbocycles. The van der Waals surface area contributed by atoms with E-state index in [2.05, 4.69) is 5.32 Å². The first kappa shape index (κ1) is 20.5. The number of amides is 1. The number of nitrogens with zero attached hydrogens (tertiary/aromatic N) is 1. The van der Waals surface area contributed by atoms with Crippen LogP contribution in [0.5, 0.6) is 0 Å². The fourth-order valence-electron chi connectivity index (χ4n) is 3.89. The van der Waals surface area contributed by atoms with Gasteiger partial charge in [0.25, 0.3) is 11.7 Å². The summed E-state index contributed by atoms with van der Waals surface area (Å²) >= 11 is 0.